The highest BCUT2D eigenvalue weighted by Gasteiger charge is 2.20. The summed E-state index contributed by atoms with van der Waals surface area (Å²) >= 11 is 0. The molecule has 0 radical (unpaired) electrons. The first-order valence-electron chi connectivity index (χ1n) is 17.4. The molecule has 7 aromatic carbocycles. The quantitative estimate of drug-likeness (QED) is 0.173. The number of para-hydroxylation sites is 1. The largest absolute Gasteiger partial charge is 0.456 e. The Kier molecular flexibility index (Phi) is 6.91. The number of rotatable bonds is 5. The van der Waals surface area contributed by atoms with Gasteiger partial charge in [-0.25, -0.2) is 15.0 Å². The molecule has 0 unspecified atom stereocenters. The molecule has 0 spiro atoms. The number of hydrogen-bond donors (Lipinski definition) is 0. The molecular formula is C47H31N3O. The SMILES string of the molecule is C1=CC(c2nc(-c3ccc(-c4ccccc4)cc3)nc(-c3cc(-c4ccc5ccc6ccccc6c5c4)cc4oc5ccccc5c34)n2)=CCC1. The van der Waals surface area contributed by atoms with Crippen molar-refractivity contribution < 1.29 is 4.42 Å². The van der Waals surface area contributed by atoms with Gasteiger partial charge in [-0.2, -0.15) is 0 Å². The van der Waals surface area contributed by atoms with E-state index < -0.39 is 0 Å². The lowest BCUT2D eigenvalue weighted by molar-refractivity contribution is 0.669. The van der Waals surface area contributed by atoms with Crippen LogP contribution in [0.25, 0.3) is 94.1 Å². The summed E-state index contributed by atoms with van der Waals surface area (Å²) in [5.41, 5.74) is 8.96. The second-order valence-corrected chi connectivity index (χ2v) is 13.1. The van der Waals surface area contributed by atoms with Crippen LogP contribution < -0.4 is 0 Å². The Bertz CT molecular complexity index is 2850. The maximum atomic E-state index is 6.56. The van der Waals surface area contributed by atoms with Crippen LogP contribution in [0.15, 0.2) is 168 Å². The van der Waals surface area contributed by atoms with Crippen LogP contribution in [0.3, 0.4) is 0 Å². The van der Waals surface area contributed by atoms with Crippen molar-refractivity contribution in [2.24, 2.45) is 0 Å². The zero-order chi connectivity index (χ0) is 33.7. The van der Waals surface area contributed by atoms with Crippen LogP contribution in [0.1, 0.15) is 18.7 Å². The number of furan rings is 1. The van der Waals surface area contributed by atoms with E-state index in [4.69, 9.17) is 19.4 Å². The van der Waals surface area contributed by atoms with E-state index in [0.717, 1.165) is 68.2 Å². The van der Waals surface area contributed by atoms with Gasteiger partial charge in [-0.1, -0.05) is 140 Å². The monoisotopic (exact) mass is 653 g/mol. The molecule has 10 rings (SSSR count). The summed E-state index contributed by atoms with van der Waals surface area (Å²) in [6, 6.07) is 51.1. The van der Waals surface area contributed by atoms with Crippen molar-refractivity contribution in [2.75, 3.05) is 0 Å². The molecule has 0 atom stereocenters. The Morgan fingerprint density at radius 2 is 1.10 bits per heavy atom. The minimum atomic E-state index is 0.617. The molecule has 9 aromatic rings. The van der Waals surface area contributed by atoms with E-state index in [1.807, 2.05) is 18.2 Å². The lowest BCUT2D eigenvalue weighted by Crippen LogP contribution is -2.03. The minimum absolute atomic E-state index is 0.617. The number of hydrogen-bond acceptors (Lipinski definition) is 4. The van der Waals surface area contributed by atoms with Crippen LogP contribution in [0.4, 0.5) is 0 Å². The summed E-state index contributed by atoms with van der Waals surface area (Å²) in [6.07, 6.45) is 8.51. The Morgan fingerprint density at radius 1 is 0.431 bits per heavy atom. The van der Waals surface area contributed by atoms with Gasteiger partial charge in [-0.15, -0.1) is 0 Å². The maximum Gasteiger partial charge on any atom is 0.164 e. The molecule has 0 amide bonds. The van der Waals surface area contributed by atoms with Crippen LogP contribution in [0, 0.1) is 0 Å². The Hall–Kier alpha value is -6.65. The number of aromatic nitrogens is 3. The third-order valence-electron chi connectivity index (χ3n) is 9.94. The summed E-state index contributed by atoms with van der Waals surface area (Å²) in [5.74, 6) is 1.92. The standard InChI is InChI=1S/C47H31N3O/c1-3-11-30(12-4-1)31-19-24-35(25-20-31)46-48-45(34-14-5-2-6-15-34)49-47(50-46)41-28-37(29-43-44(41)39-17-9-10-18-42(39)51-43)36-26-23-33-22-21-32-13-7-8-16-38(32)40(33)27-36/h1,3-5,7-29H,2,6H2. The fraction of sp³-hybridized carbons (Fsp3) is 0.0426. The van der Waals surface area contributed by atoms with Crippen molar-refractivity contribution in [1.82, 2.24) is 15.0 Å². The van der Waals surface area contributed by atoms with E-state index in [1.54, 1.807) is 0 Å². The first-order chi connectivity index (χ1) is 25.2. The summed E-state index contributed by atoms with van der Waals surface area (Å²) < 4.78 is 6.56. The third-order valence-corrected chi connectivity index (χ3v) is 9.94. The Balaban J connectivity index is 1.20. The number of fused-ring (bicyclic) bond motifs is 6. The van der Waals surface area contributed by atoms with Crippen molar-refractivity contribution >= 4 is 49.1 Å². The Labute approximate surface area is 295 Å². The van der Waals surface area contributed by atoms with Gasteiger partial charge in [0.05, 0.1) is 0 Å². The fourth-order valence-electron chi connectivity index (χ4n) is 7.36. The number of benzene rings is 7. The second-order valence-electron chi connectivity index (χ2n) is 13.1. The van der Waals surface area contributed by atoms with E-state index in [-0.39, 0.29) is 0 Å². The van der Waals surface area contributed by atoms with Crippen molar-refractivity contribution in [3.63, 3.8) is 0 Å². The molecule has 0 aliphatic heterocycles. The zero-order valence-corrected chi connectivity index (χ0v) is 27.8. The van der Waals surface area contributed by atoms with Gasteiger partial charge >= 0.3 is 0 Å². The van der Waals surface area contributed by atoms with E-state index >= 15 is 0 Å². The molecule has 0 saturated heterocycles. The molecule has 51 heavy (non-hydrogen) atoms. The molecule has 1 aliphatic rings. The number of nitrogens with zero attached hydrogens (tertiary/aromatic N) is 3. The van der Waals surface area contributed by atoms with Crippen molar-refractivity contribution in [2.45, 2.75) is 12.8 Å². The van der Waals surface area contributed by atoms with Gasteiger partial charge in [0.25, 0.3) is 0 Å². The summed E-state index contributed by atoms with van der Waals surface area (Å²) in [5, 5.41) is 6.92. The molecule has 4 nitrogen and oxygen atoms in total. The average molecular weight is 654 g/mol. The molecule has 240 valence electrons. The van der Waals surface area contributed by atoms with Crippen LogP contribution >= 0.6 is 0 Å². The summed E-state index contributed by atoms with van der Waals surface area (Å²) in [7, 11) is 0. The molecule has 0 N–H and O–H groups in total. The topological polar surface area (TPSA) is 51.8 Å². The molecule has 0 bridgehead atoms. The van der Waals surface area contributed by atoms with Crippen LogP contribution in [-0.2, 0) is 0 Å². The van der Waals surface area contributed by atoms with Crippen LogP contribution in [-0.4, -0.2) is 15.0 Å². The predicted octanol–water partition coefficient (Wildman–Crippen LogP) is 12.5. The highest BCUT2D eigenvalue weighted by molar-refractivity contribution is 6.14. The summed E-state index contributed by atoms with van der Waals surface area (Å²) in [4.78, 5) is 15.5. The van der Waals surface area contributed by atoms with Gasteiger partial charge in [-0.3, -0.25) is 0 Å². The molecule has 2 aromatic heterocycles. The third kappa shape index (κ3) is 5.20. The lowest BCUT2D eigenvalue weighted by Gasteiger charge is -2.13. The Morgan fingerprint density at radius 3 is 1.94 bits per heavy atom. The van der Waals surface area contributed by atoms with Crippen LogP contribution in [0.2, 0.25) is 0 Å². The average Bonchev–Trinajstić information content (AvgIpc) is 3.59. The van der Waals surface area contributed by atoms with E-state index in [1.165, 1.54) is 27.1 Å². The van der Waals surface area contributed by atoms with Gasteiger partial charge < -0.3 is 4.42 Å². The normalized spacial score (nSPS) is 13.0. The molecule has 0 saturated carbocycles. The van der Waals surface area contributed by atoms with E-state index in [9.17, 15) is 0 Å². The van der Waals surface area contributed by atoms with Gasteiger partial charge in [0, 0.05) is 27.5 Å². The highest BCUT2D eigenvalue weighted by atomic mass is 16.3. The molecule has 4 heteroatoms. The molecule has 1 aliphatic carbocycles. The fourth-order valence-corrected chi connectivity index (χ4v) is 7.36. The molecular weight excluding hydrogens is 623 g/mol. The van der Waals surface area contributed by atoms with Gasteiger partial charge in [0.2, 0.25) is 0 Å². The lowest BCUT2D eigenvalue weighted by atomic mass is 9.94. The van der Waals surface area contributed by atoms with Crippen molar-refractivity contribution in [1.29, 1.82) is 0 Å². The van der Waals surface area contributed by atoms with Crippen LogP contribution in [0.5, 0.6) is 0 Å². The van der Waals surface area contributed by atoms with E-state index in [2.05, 4.69) is 146 Å². The molecule has 2 heterocycles. The highest BCUT2D eigenvalue weighted by Crippen LogP contribution is 2.41. The second kappa shape index (κ2) is 12.0. The predicted molar refractivity (Wildman–Crippen MR) is 210 cm³/mol. The van der Waals surface area contributed by atoms with Gasteiger partial charge in [0.1, 0.15) is 11.2 Å². The zero-order valence-electron chi connectivity index (χ0n) is 27.8. The van der Waals surface area contributed by atoms with E-state index in [0.29, 0.717) is 17.5 Å². The van der Waals surface area contributed by atoms with Crippen molar-refractivity contribution in [3.05, 3.63) is 170 Å². The maximum absolute atomic E-state index is 6.56. The first kappa shape index (κ1) is 29.3. The minimum Gasteiger partial charge on any atom is -0.456 e. The van der Waals surface area contributed by atoms with Crippen molar-refractivity contribution in [3.8, 4) is 45.0 Å². The summed E-state index contributed by atoms with van der Waals surface area (Å²) in [6.45, 7) is 0. The first-order valence-corrected chi connectivity index (χ1v) is 17.4. The number of allylic oxidation sites excluding steroid dienone is 4. The van der Waals surface area contributed by atoms with Gasteiger partial charge in [0.15, 0.2) is 17.5 Å². The van der Waals surface area contributed by atoms with Gasteiger partial charge in [-0.05, 0) is 80.9 Å². The molecule has 0 fully saturated rings. The smallest absolute Gasteiger partial charge is 0.164 e.